The van der Waals surface area contributed by atoms with Crippen molar-refractivity contribution in [3.63, 3.8) is 0 Å². The van der Waals surface area contributed by atoms with Crippen molar-refractivity contribution in [3.8, 4) is 0 Å². The lowest BCUT2D eigenvalue weighted by molar-refractivity contribution is -0.138. The van der Waals surface area contributed by atoms with Crippen LogP contribution in [0.5, 0.6) is 0 Å². The van der Waals surface area contributed by atoms with Crippen LogP contribution in [0.4, 0.5) is 18.9 Å². The third-order valence-corrected chi connectivity index (χ3v) is 5.80. The molecule has 1 amide bonds. The van der Waals surface area contributed by atoms with Gasteiger partial charge in [0, 0.05) is 13.0 Å². The number of rotatable bonds is 7. The normalized spacial score (nSPS) is 11.9. The molecule has 1 N–H and O–H groups in total. The summed E-state index contributed by atoms with van der Waals surface area (Å²) in [7, 11) is -3.99. The van der Waals surface area contributed by atoms with Crippen molar-refractivity contribution < 1.29 is 26.4 Å². The standard InChI is InChI=1S/C19H21F3N2O3S/c1-14-3-7-16(8-4-14)24(12-11-18(25)23-13-19(20,21)22)28(26,27)17-9-5-15(2)6-10-17/h3-10H,11-13H2,1-2H3,(H,23,25). The zero-order valence-corrected chi connectivity index (χ0v) is 16.3. The quantitative estimate of drug-likeness (QED) is 0.753. The summed E-state index contributed by atoms with van der Waals surface area (Å²) in [4.78, 5) is 11.8. The minimum Gasteiger partial charge on any atom is -0.347 e. The van der Waals surface area contributed by atoms with E-state index in [4.69, 9.17) is 0 Å². The van der Waals surface area contributed by atoms with E-state index in [0.29, 0.717) is 5.69 Å². The number of anilines is 1. The van der Waals surface area contributed by atoms with E-state index in [1.807, 2.05) is 13.8 Å². The van der Waals surface area contributed by atoms with Crippen LogP contribution in [-0.4, -0.2) is 33.6 Å². The molecule has 0 aliphatic heterocycles. The Hall–Kier alpha value is -2.55. The van der Waals surface area contributed by atoms with Gasteiger partial charge < -0.3 is 5.32 Å². The summed E-state index contributed by atoms with van der Waals surface area (Å²) >= 11 is 0. The lowest BCUT2D eigenvalue weighted by Crippen LogP contribution is -2.38. The van der Waals surface area contributed by atoms with E-state index in [1.165, 1.54) is 12.1 Å². The molecule has 5 nitrogen and oxygen atoms in total. The van der Waals surface area contributed by atoms with Crippen LogP contribution < -0.4 is 9.62 Å². The second kappa shape index (κ2) is 8.64. The first-order chi connectivity index (χ1) is 13.0. The van der Waals surface area contributed by atoms with Crippen LogP contribution in [0, 0.1) is 13.8 Å². The van der Waals surface area contributed by atoms with Crippen molar-refractivity contribution in [2.75, 3.05) is 17.4 Å². The molecule has 152 valence electrons. The molecule has 0 aliphatic rings. The molecule has 28 heavy (non-hydrogen) atoms. The molecule has 0 aliphatic carbocycles. The smallest absolute Gasteiger partial charge is 0.347 e. The number of halogens is 3. The van der Waals surface area contributed by atoms with Crippen molar-refractivity contribution >= 4 is 21.6 Å². The number of amides is 1. The van der Waals surface area contributed by atoms with Crippen LogP contribution in [0.2, 0.25) is 0 Å². The largest absolute Gasteiger partial charge is 0.405 e. The van der Waals surface area contributed by atoms with Crippen LogP contribution in [0.3, 0.4) is 0 Å². The second-order valence-electron chi connectivity index (χ2n) is 6.37. The van der Waals surface area contributed by atoms with Crippen LogP contribution in [0.15, 0.2) is 53.4 Å². The number of carbonyl (C=O) groups is 1. The zero-order valence-electron chi connectivity index (χ0n) is 15.5. The Morgan fingerprint density at radius 3 is 1.96 bits per heavy atom. The van der Waals surface area contributed by atoms with Crippen molar-refractivity contribution in [1.29, 1.82) is 0 Å². The highest BCUT2D eigenvalue weighted by atomic mass is 32.2. The second-order valence-corrected chi connectivity index (χ2v) is 8.23. The highest BCUT2D eigenvalue weighted by molar-refractivity contribution is 7.92. The molecular weight excluding hydrogens is 393 g/mol. The molecule has 0 heterocycles. The Morgan fingerprint density at radius 1 is 0.964 bits per heavy atom. The summed E-state index contributed by atoms with van der Waals surface area (Å²) < 4.78 is 63.9. The Bertz CT molecular complexity index is 909. The first kappa shape index (κ1) is 21.7. The molecule has 9 heteroatoms. The first-order valence-electron chi connectivity index (χ1n) is 8.48. The molecule has 0 aromatic heterocycles. The molecule has 0 atom stereocenters. The van der Waals surface area contributed by atoms with Crippen molar-refractivity contribution in [2.45, 2.75) is 31.3 Å². The van der Waals surface area contributed by atoms with E-state index < -0.39 is 35.1 Å². The summed E-state index contributed by atoms with van der Waals surface area (Å²) in [6.45, 7) is 1.91. The first-order valence-corrected chi connectivity index (χ1v) is 9.92. The van der Waals surface area contributed by atoms with E-state index in [-0.39, 0.29) is 11.4 Å². The fourth-order valence-electron chi connectivity index (χ4n) is 2.43. The van der Waals surface area contributed by atoms with Gasteiger partial charge in [0.2, 0.25) is 5.91 Å². The van der Waals surface area contributed by atoms with Gasteiger partial charge in [0.25, 0.3) is 10.0 Å². The number of nitrogens with one attached hydrogen (secondary N) is 1. The lowest BCUT2D eigenvalue weighted by atomic mass is 10.2. The molecule has 0 radical (unpaired) electrons. The maximum atomic E-state index is 13.1. The summed E-state index contributed by atoms with van der Waals surface area (Å²) in [6.07, 6.45) is -4.94. The van der Waals surface area contributed by atoms with Gasteiger partial charge in [-0.2, -0.15) is 13.2 Å². The number of alkyl halides is 3. The number of benzene rings is 2. The molecule has 0 bridgehead atoms. The summed E-state index contributed by atoms with van der Waals surface area (Å²) in [5.41, 5.74) is 2.13. The number of carbonyl (C=O) groups excluding carboxylic acids is 1. The van der Waals surface area contributed by atoms with Gasteiger partial charge in [0.1, 0.15) is 6.54 Å². The number of sulfonamides is 1. The van der Waals surface area contributed by atoms with Crippen molar-refractivity contribution in [1.82, 2.24) is 5.32 Å². The van der Waals surface area contributed by atoms with Crippen LogP contribution in [0.25, 0.3) is 0 Å². The molecule has 0 unspecified atom stereocenters. The molecule has 2 rings (SSSR count). The van der Waals surface area contributed by atoms with Crippen LogP contribution in [-0.2, 0) is 14.8 Å². The van der Waals surface area contributed by atoms with Gasteiger partial charge in [-0.1, -0.05) is 35.4 Å². The fourth-order valence-corrected chi connectivity index (χ4v) is 3.89. The predicted octanol–water partition coefficient (Wildman–Crippen LogP) is 3.57. The topological polar surface area (TPSA) is 66.5 Å². The highest BCUT2D eigenvalue weighted by Crippen LogP contribution is 2.25. The molecule has 2 aromatic rings. The molecule has 2 aromatic carbocycles. The molecule has 0 saturated carbocycles. The third-order valence-electron chi connectivity index (χ3n) is 3.96. The third kappa shape index (κ3) is 5.98. The number of aryl methyl sites for hydroxylation is 2. The Labute approximate surface area is 162 Å². The van der Waals surface area contributed by atoms with E-state index >= 15 is 0 Å². The minimum absolute atomic E-state index is 0.0365. The van der Waals surface area contributed by atoms with Crippen LogP contribution in [0.1, 0.15) is 17.5 Å². The predicted molar refractivity (Wildman–Crippen MR) is 101 cm³/mol. The van der Waals surface area contributed by atoms with Crippen LogP contribution >= 0.6 is 0 Å². The monoisotopic (exact) mass is 414 g/mol. The van der Waals surface area contributed by atoms with E-state index in [0.717, 1.165) is 15.4 Å². The Morgan fingerprint density at radius 2 is 1.46 bits per heavy atom. The van der Waals surface area contributed by atoms with Gasteiger partial charge in [-0.3, -0.25) is 9.10 Å². The number of hydrogen-bond acceptors (Lipinski definition) is 3. The zero-order chi connectivity index (χ0) is 20.9. The Kier molecular flexibility index (Phi) is 6.71. The summed E-state index contributed by atoms with van der Waals surface area (Å²) in [5.74, 6) is -0.881. The van der Waals surface area contributed by atoms with Crippen molar-refractivity contribution in [3.05, 3.63) is 59.7 Å². The van der Waals surface area contributed by atoms with Gasteiger partial charge >= 0.3 is 6.18 Å². The van der Waals surface area contributed by atoms with Crippen molar-refractivity contribution in [2.24, 2.45) is 0 Å². The molecule has 0 saturated heterocycles. The van der Waals surface area contributed by atoms with Gasteiger partial charge in [0.15, 0.2) is 0 Å². The van der Waals surface area contributed by atoms with Gasteiger partial charge in [0.05, 0.1) is 10.6 Å². The molecular formula is C19H21F3N2O3S. The maximum absolute atomic E-state index is 13.1. The average Bonchev–Trinajstić information content (AvgIpc) is 2.61. The fraction of sp³-hybridized carbons (Fsp3) is 0.316. The lowest BCUT2D eigenvalue weighted by Gasteiger charge is -2.24. The maximum Gasteiger partial charge on any atom is 0.405 e. The van der Waals surface area contributed by atoms with E-state index in [2.05, 4.69) is 0 Å². The van der Waals surface area contributed by atoms with Gasteiger partial charge in [-0.15, -0.1) is 0 Å². The Balaban J connectivity index is 2.26. The molecule has 0 fully saturated rings. The molecule has 0 spiro atoms. The number of nitrogens with zero attached hydrogens (tertiary/aromatic N) is 1. The van der Waals surface area contributed by atoms with E-state index in [9.17, 15) is 26.4 Å². The van der Waals surface area contributed by atoms with E-state index in [1.54, 1.807) is 41.7 Å². The summed E-state index contributed by atoms with van der Waals surface area (Å²) in [5, 5.41) is 1.75. The van der Waals surface area contributed by atoms with Gasteiger partial charge in [-0.05, 0) is 38.1 Å². The highest BCUT2D eigenvalue weighted by Gasteiger charge is 2.29. The number of hydrogen-bond donors (Lipinski definition) is 1. The average molecular weight is 414 g/mol. The summed E-state index contributed by atoms with van der Waals surface area (Å²) in [6, 6.07) is 12.8. The SMILES string of the molecule is Cc1ccc(N(CCC(=O)NCC(F)(F)F)S(=O)(=O)c2ccc(C)cc2)cc1. The van der Waals surface area contributed by atoms with Gasteiger partial charge in [-0.25, -0.2) is 8.42 Å². The minimum atomic E-state index is -4.53.